The topological polar surface area (TPSA) is 85.1 Å². The molecule has 2 heterocycles. The van der Waals surface area contributed by atoms with Crippen molar-refractivity contribution in [3.8, 4) is 16.9 Å². The van der Waals surface area contributed by atoms with Gasteiger partial charge in [0.2, 0.25) is 5.91 Å². The highest BCUT2D eigenvalue weighted by molar-refractivity contribution is 5.82. The first kappa shape index (κ1) is 27.8. The van der Waals surface area contributed by atoms with Crippen molar-refractivity contribution >= 4 is 12.0 Å². The van der Waals surface area contributed by atoms with E-state index in [2.05, 4.69) is 0 Å². The summed E-state index contributed by atoms with van der Waals surface area (Å²) in [6.07, 6.45) is 0.644. The van der Waals surface area contributed by atoms with E-state index in [4.69, 9.17) is 15.2 Å². The largest absolute Gasteiger partial charge is 0.493 e. The van der Waals surface area contributed by atoms with Crippen molar-refractivity contribution < 1.29 is 27.8 Å². The third-order valence-corrected chi connectivity index (χ3v) is 7.11. The molecule has 38 heavy (non-hydrogen) atoms. The standard InChI is InChI=1S/C29H37F2N3O4/c1-19(2)38-29(36)33-11-8-20(9-12-33)18-37-25-5-3-4-21(14-25)22-6-7-23(26(31)15-22)16-27(32)28(35)34-13-10-24(30)17-34/h3-7,14-15,19-20,24,27H,8-13,16-18,32H2,1-2H3/t24-,27-/m0/s1. The van der Waals surface area contributed by atoms with Crippen LogP contribution in [0.15, 0.2) is 42.5 Å². The summed E-state index contributed by atoms with van der Waals surface area (Å²) >= 11 is 0. The number of piperidine rings is 1. The molecule has 2 amide bonds. The zero-order valence-electron chi connectivity index (χ0n) is 22.1. The van der Waals surface area contributed by atoms with Gasteiger partial charge < -0.3 is 25.0 Å². The van der Waals surface area contributed by atoms with E-state index >= 15 is 0 Å². The Balaban J connectivity index is 1.30. The summed E-state index contributed by atoms with van der Waals surface area (Å²) in [5.41, 5.74) is 7.87. The molecule has 2 fully saturated rings. The van der Waals surface area contributed by atoms with Gasteiger partial charge in [-0.1, -0.05) is 24.3 Å². The summed E-state index contributed by atoms with van der Waals surface area (Å²) in [5, 5.41) is 0. The molecule has 0 aromatic heterocycles. The van der Waals surface area contributed by atoms with Crippen molar-refractivity contribution in [3.05, 3.63) is 53.8 Å². The number of nitrogens with zero attached hydrogens (tertiary/aromatic N) is 2. The molecule has 2 aliphatic rings. The van der Waals surface area contributed by atoms with Crippen molar-refractivity contribution in [2.45, 2.75) is 57.8 Å². The van der Waals surface area contributed by atoms with E-state index < -0.39 is 18.0 Å². The second-order valence-corrected chi connectivity index (χ2v) is 10.5. The first-order valence-corrected chi connectivity index (χ1v) is 13.3. The van der Waals surface area contributed by atoms with E-state index in [-0.39, 0.29) is 31.1 Å². The molecule has 0 spiro atoms. The molecule has 2 aliphatic heterocycles. The van der Waals surface area contributed by atoms with Crippen molar-refractivity contribution in [1.82, 2.24) is 9.80 Å². The quantitative estimate of drug-likeness (QED) is 0.542. The lowest BCUT2D eigenvalue weighted by molar-refractivity contribution is -0.131. The van der Waals surface area contributed by atoms with Crippen LogP contribution in [0.2, 0.25) is 0 Å². The molecule has 4 rings (SSSR count). The molecule has 2 aromatic carbocycles. The van der Waals surface area contributed by atoms with Crippen LogP contribution >= 0.6 is 0 Å². The van der Waals surface area contributed by atoms with Gasteiger partial charge in [-0.05, 0) is 80.3 Å². The van der Waals surface area contributed by atoms with E-state index in [9.17, 15) is 18.4 Å². The second-order valence-electron chi connectivity index (χ2n) is 10.5. The van der Waals surface area contributed by atoms with Gasteiger partial charge in [-0.25, -0.2) is 13.6 Å². The van der Waals surface area contributed by atoms with Crippen molar-refractivity contribution in [2.75, 3.05) is 32.8 Å². The maximum atomic E-state index is 14.9. The van der Waals surface area contributed by atoms with Gasteiger partial charge in [-0.15, -0.1) is 0 Å². The minimum atomic E-state index is -1.02. The smallest absolute Gasteiger partial charge is 0.410 e. The van der Waals surface area contributed by atoms with Crippen molar-refractivity contribution in [3.63, 3.8) is 0 Å². The third kappa shape index (κ3) is 7.22. The third-order valence-electron chi connectivity index (χ3n) is 7.11. The summed E-state index contributed by atoms with van der Waals surface area (Å²) in [5.74, 6) is 0.240. The SMILES string of the molecule is CC(C)OC(=O)N1CCC(COc2cccc(-c3ccc(C[C@H](N)C(=O)N4CC[C@H](F)C4)c(F)c3)c2)CC1. The minimum Gasteiger partial charge on any atom is -0.493 e. The van der Waals surface area contributed by atoms with Gasteiger partial charge in [0.25, 0.3) is 0 Å². The maximum absolute atomic E-state index is 14.9. The van der Waals surface area contributed by atoms with Crippen molar-refractivity contribution in [2.24, 2.45) is 11.7 Å². The van der Waals surface area contributed by atoms with Gasteiger partial charge in [0, 0.05) is 19.6 Å². The molecule has 0 aliphatic carbocycles. The highest BCUT2D eigenvalue weighted by Gasteiger charge is 2.29. The number of ether oxygens (including phenoxy) is 2. The van der Waals surface area contributed by atoms with Crippen molar-refractivity contribution in [1.29, 1.82) is 0 Å². The average Bonchev–Trinajstić information content (AvgIpc) is 3.34. The number of alkyl halides is 1. The zero-order chi connectivity index (χ0) is 27.2. The fourth-order valence-corrected chi connectivity index (χ4v) is 4.91. The summed E-state index contributed by atoms with van der Waals surface area (Å²) < 4.78 is 39.7. The zero-order valence-corrected chi connectivity index (χ0v) is 22.1. The molecule has 9 heteroatoms. The molecule has 0 saturated carbocycles. The van der Waals surface area contributed by atoms with Crippen LogP contribution in [0.3, 0.4) is 0 Å². The van der Waals surface area contributed by atoms with E-state index in [0.29, 0.717) is 55.5 Å². The lowest BCUT2D eigenvalue weighted by Gasteiger charge is -2.31. The summed E-state index contributed by atoms with van der Waals surface area (Å²) in [4.78, 5) is 27.7. The Morgan fingerprint density at radius 2 is 1.74 bits per heavy atom. The van der Waals surface area contributed by atoms with Crippen LogP contribution < -0.4 is 10.5 Å². The van der Waals surface area contributed by atoms with Crippen LogP contribution in [-0.2, 0) is 16.0 Å². The maximum Gasteiger partial charge on any atom is 0.410 e. The number of carbonyl (C=O) groups excluding carboxylic acids is 2. The van der Waals surface area contributed by atoms with Gasteiger partial charge >= 0.3 is 6.09 Å². The van der Waals surface area contributed by atoms with Crippen LogP contribution in [-0.4, -0.2) is 72.9 Å². The van der Waals surface area contributed by atoms with Crippen LogP contribution in [0.1, 0.15) is 38.7 Å². The summed E-state index contributed by atoms with van der Waals surface area (Å²) in [6.45, 7) is 5.91. The number of nitrogens with two attached hydrogens (primary N) is 1. The van der Waals surface area contributed by atoms with E-state index in [0.717, 1.165) is 18.4 Å². The molecule has 2 aromatic rings. The van der Waals surface area contributed by atoms with Crippen LogP contribution in [0, 0.1) is 11.7 Å². The van der Waals surface area contributed by atoms with E-state index in [1.54, 1.807) is 17.0 Å². The molecule has 2 saturated heterocycles. The van der Waals surface area contributed by atoms with Crippen LogP contribution in [0.25, 0.3) is 11.1 Å². The number of likely N-dealkylation sites (tertiary alicyclic amines) is 2. The summed E-state index contributed by atoms with van der Waals surface area (Å²) in [7, 11) is 0. The molecule has 7 nitrogen and oxygen atoms in total. The Bertz CT molecular complexity index is 1120. The lowest BCUT2D eigenvalue weighted by atomic mass is 9.98. The summed E-state index contributed by atoms with van der Waals surface area (Å²) in [6, 6.07) is 11.5. The number of carbonyl (C=O) groups is 2. The molecule has 206 valence electrons. The highest BCUT2D eigenvalue weighted by Crippen LogP contribution is 2.27. The van der Waals surface area contributed by atoms with Gasteiger partial charge in [0.15, 0.2) is 0 Å². The van der Waals surface area contributed by atoms with Gasteiger partial charge in [0.05, 0.1) is 25.3 Å². The molecule has 2 atom stereocenters. The molecule has 0 bridgehead atoms. The Morgan fingerprint density at radius 3 is 2.39 bits per heavy atom. The molecule has 0 radical (unpaired) electrons. The predicted molar refractivity (Wildman–Crippen MR) is 141 cm³/mol. The number of halogens is 2. The molecular formula is C29H37F2N3O4. The Morgan fingerprint density at radius 1 is 1.03 bits per heavy atom. The number of benzene rings is 2. The minimum absolute atomic E-state index is 0.0511. The predicted octanol–water partition coefficient (Wildman–Crippen LogP) is 4.57. The molecule has 2 N–H and O–H groups in total. The molecule has 0 unspecified atom stereocenters. The lowest BCUT2D eigenvalue weighted by Crippen LogP contribution is -2.44. The number of hydrogen-bond acceptors (Lipinski definition) is 5. The fraction of sp³-hybridized carbons (Fsp3) is 0.517. The van der Waals surface area contributed by atoms with Gasteiger partial charge in [0.1, 0.15) is 17.7 Å². The first-order chi connectivity index (χ1) is 18.2. The fourth-order valence-electron chi connectivity index (χ4n) is 4.91. The monoisotopic (exact) mass is 529 g/mol. The van der Waals surface area contributed by atoms with Gasteiger partial charge in [-0.3, -0.25) is 4.79 Å². The van der Waals surface area contributed by atoms with E-state index in [1.807, 2.05) is 38.1 Å². The van der Waals surface area contributed by atoms with Crippen LogP contribution in [0.4, 0.5) is 13.6 Å². The van der Waals surface area contributed by atoms with E-state index in [1.165, 1.54) is 11.0 Å². The number of rotatable bonds is 8. The van der Waals surface area contributed by atoms with Gasteiger partial charge in [-0.2, -0.15) is 0 Å². The normalized spacial score (nSPS) is 19.1. The average molecular weight is 530 g/mol. The first-order valence-electron chi connectivity index (χ1n) is 13.3. The number of amides is 2. The number of hydrogen-bond donors (Lipinski definition) is 1. The second kappa shape index (κ2) is 12.6. The highest BCUT2D eigenvalue weighted by atomic mass is 19.1. The Hall–Kier alpha value is -3.20. The van der Waals surface area contributed by atoms with Crippen LogP contribution in [0.5, 0.6) is 5.75 Å². The molecular weight excluding hydrogens is 492 g/mol. The Kier molecular flexibility index (Phi) is 9.20. The Labute approximate surface area is 222 Å².